The van der Waals surface area contributed by atoms with Crippen LogP contribution in [-0.4, -0.2) is 19.5 Å². The highest BCUT2D eigenvalue weighted by molar-refractivity contribution is 7.92. The lowest BCUT2D eigenvalue weighted by molar-refractivity contribution is 0.184. The Morgan fingerprint density at radius 2 is 1.94 bits per heavy atom. The molecule has 0 heterocycles. The summed E-state index contributed by atoms with van der Waals surface area (Å²) < 4.78 is 39.4. The lowest BCUT2D eigenvalue weighted by atomic mass is 9.94. The summed E-state index contributed by atoms with van der Waals surface area (Å²) in [6, 6.07) is 6.33. The van der Waals surface area contributed by atoms with Crippen molar-refractivity contribution in [1.29, 1.82) is 0 Å². The monoisotopic (exact) mass is 271 g/mol. The van der Waals surface area contributed by atoms with Gasteiger partial charge in [-0.05, 0) is 50.3 Å². The minimum absolute atomic E-state index is 0.00948. The molecule has 0 bridgehead atoms. The van der Waals surface area contributed by atoms with Gasteiger partial charge < -0.3 is 5.73 Å². The number of hydrogen-bond donors (Lipinski definition) is 1. The van der Waals surface area contributed by atoms with Gasteiger partial charge in [0.1, 0.15) is 0 Å². The second-order valence-electron chi connectivity index (χ2n) is 5.04. The van der Waals surface area contributed by atoms with Gasteiger partial charge in [0, 0.05) is 6.04 Å². The summed E-state index contributed by atoms with van der Waals surface area (Å²) >= 11 is 0. The van der Waals surface area contributed by atoms with E-state index in [2.05, 4.69) is 0 Å². The van der Waals surface area contributed by atoms with Gasteiger partial charge in [0.05, 0.1) is 4.90 Å². The molecule has 0 aliphatic heterocycles. The molecule has 1 aliphatic rings. The molecule has 1 saturated carbocycles. The molecule has 0 unspecified atom stereocenters. The Kier molecular flexibility index (Phi) is 3.47. The zero-order valence-corrected chi connectivity index (χ0v) is 11.2. The first kappa shape index (κ1) is 13.5. The van der Waals surface area contributed by atoms with Crippen LogP contribution >= 0.6 is 0 Å². The maximum Gasteiger partial charge on any atom is 0.215 e. The Morgan fingerprint density at radius 3 is 2.50 bits per heavy atom. The van der Waals surface area contributed by atoms with E-state index in [0.717, 1.165) is 5.56 Å². The Balaban J connectivity index is 2.37. The second kappa shape index (κ2) is 4.63. The van der Waals surface area contributed by atoms with E-state index in [-0.39, 0.29) is 23.8 Å². The molecule has 2 rings (SSSR count). The Labute approximate surface area is 107 Å². The molecule has 100 valence electrons. The Morgan fingerprint density at radius 1 is 1.33 bits per heavy atom. The number of sulfone groups is 1. The molecule has 18 heavy (non-hydrogen) atoms. The molecule has 3 nitrogen and oxygen atoms in total. The summed E-state index contributed by atoms with van der Waals surface area (Å²) in [5.41, 5.74) is 6.51. The third-order valence-electron chi connectivity index (χ3n) is 3.56. The molecular formula is C13H18FNO2S. The third kappa shape index (κ3) is 2.29. The highest BCUT2D eigenvalue weighted by atomic mass is 32.2. The average Bonchev–Trinajstić information content (AvgIpc) is 2.33. The molecule has 1 fully saturated rings. The van der Waals surface area contributed by atoms with Crippen LogP contribution in [0.3, 0.4) is 0 Å². The predicted octanol–water partition coefficient (Wildman–Crippen LogP) is 2.34. The van der Waals surface area contributed by atoms with Crippen molar-refractivity contribution in [2.75, 3.05) is 0 Å². The zero-order valence-electron chi connectivity index (χ0n) is 10.4. The van der Waals surface area contributed by atoms with Crippen LogP contribution in [0.1, 0.15) is 31.2 Å². The van der Waals surface area contributed by atoms with Crippen LogP contribution < -0.4 is 5.73 Å². The SMILES string of the molecule is Cc1cccc(S(=O)(=O)C2(F)CCC(N)CC2)c1. The van der Waals surface area contributed by atoms with Crippen molar-refractivity contribution in [2.24, 2.45) is 5.73 Å². The average molecular weight is 271 g/mol. The maximum absolute atomic E-state index is 14.7. The van der Waals surface area contributed by atoms with E-state index in [4.69, 9.17) is 5.73 Å². The molecular weight excluding hydrogens is 253 g/mol. The number of nitrogens with two attached hydrogens (primary N) is 1. The van der Waals surface area contributed by atoms with Crippen LogP contribution in [0.2, 0.25) is 0 Å². The van der Waals surface area contributed by atoms with E-state index >= 15 is 0 Å². The summed E-state index contributed by atoms with van der Waals surface area (Å²) in [5.74, 6) is 0. The molecule has 1 aromatic rings. The van der Waals surface area contributed by atoms with Crippen molar-refractivity contribution in [2.45, 2.75) is 48.5 Å². The van der Waals surface area contributed by atoms with Gasteiger partial charge in [0.2, 0.25) is 14.8 Å². The highest BCUT2D eigenvalue weighted by Crippen LogP contribution is 2.39. The molecule has 2 N–H and O–H groups in total. The summed E-state index contributed by atoms with van der Waals surface area (Å²) in [6.07, 6.45) is 0.817. The lowest BCUT2D eigenvalue weighted by Gasteiger charge is -2.32. The summed E-state index contributed by atoms with van der Waals surface area (Å²) in [5, 5.41) is -2.16. The van der Waals surface area contributed by atoms with Gasteiger partial charge in [-0.15, -0.1) is 0 Å². The Hall–Kier alpha value is -0.940. The number of alkyl halides is 1. The highest BCUT2D eigenvalue weighted by Gasteiger charge is 2.47. The second-order valence-corrected chi connectivity index (χ2v) is 7.25. The van der Waals surface area contributed by atoms with Crippen molar-refractivity contribution in [1.82, 2.24) is 0 Å². The normalized spacial score (nSPS) is 29.2. The van der Waals surface area contributed by atoms with Crippen molar-refractivity contribution >= 4 is 9.84 Å². The van der Waals surface area contributed by atoms with Gasteiger partial charge >= 0.3 is 0 Å². The molecule has 0 atom stereocenters. The fourth-order valence-electron chi connectivity index (χ4n) is 2.33. The van der Waals surface area contributed by atoms with E-state index in [1.54, 1.807) is 19.1 Å². The van der Waals surface area contributed by atoms with Gasteiger partial charge in [0.15, 0.2) is 0 Å². The van der Waals surface area contributed by atoms with Gasteiger partial charge in [0.25, 0.3) is 0 Å². The topological polar surface area (TPSA) is 60.2 Å². The first-order chi connectivity index (χ1) is 8.35. The number of benzene rings is 1. The third-order valence-corrected chi connectivity index (χ3v) is 5.80. The number of halogens is 1. The van der Waals surface area contributed by atoms with Crippen LogP contribution in [0.4, 0.5) is 4.39 Å². The standard InChI is InChI=1S/C13H18FNO2S/c1-10-3-2-4-12(9-10)18(16,17)13(14)7-5-11(15)6-8-13/h2-4,9,11H,5-8,15H2,1H3. The van der Waals surface area contributed by atoms with E-state index in [1.165, 1.54) is 12.1 Å². The summed E-state index contributed by atoms with van der Waals surface area (Å²) in [6.45, 7) is 1.79. The maximum atomic E-state index is 14.7. The number of rotatable bonds is 2. The zero-order chi connectivity index (χ0) is 13.4. The van der Waals surface area contributed by atoms with Crippen LogP contribution in [0.25, 0.3) is 0 Å². The van der Waals surface area contributed by atoms with Crippen LogP contribution in [0, 0.1) is 6.92 Å². The first-order valence-corrected chi connectivity index (χ1v) is 7.59. The molecule has 0 amide bonds. The lowest BCUT2D eigenvalue weighted by Crippen LogP contribution is -2.41. The van der Waals surface area contributed by atoms with Gasteiger partial charge in [-0.1, -0.05) is 12.1 Å². The van der Waals surface area contributed by atoms with Crippen LogP contribution in [0.5, 0.6) is 0 Å². The van der Waals surface area contributed by atoms with Crippen LogP contribution in [0.15, 0.2) is 29.2 Å². The fourth-order valence-corrected chi connectivity index (χ4v) is 4.13. The van der Waals surface area contributed by atoms with Crippen molar-refractivity contribution < 1.29 is 12.8 Å². The van der Waals surface area contributed by atoms with Crippen molar-refractivity contribution in [3.8, 4) is 0 Å². The minimum atomic E-state index is -3.93. The molecule has 0 aromatic heterocycles. The molecule has 1 aromatic carbocycles. The van der Waals surface area contributed by atoms with Gasteiger partial charge in [-0.25, -0.2) is 12.8 Å². The molecule has 5 heteroatoms. The van der Waals surface area contributed by atoms with Crippen LogP contribution in [-0.2, 0) is 9.84 Å². The Bertz CT molecular complexity index is 534. The van der Waals surface area contributed by atoms with E-state index < -0.39 is 14.8 Å². The fraction of sp³-hybridized carbons (Fsp3) is 0.538. The number of hydrogen-bond acceptors (Lipinski definition) is 3. The molecule has 0 spiro atoms. The first-order valence-electron chi connectivity index (χ1n) is 6.11. The van der Waals surface area contributed by atoms with E-state index in [0.29, 0.717) is 12.8 Å². The predicted molar refractivity (Wildman–Crippen MR) is 68.6 cm³/mol. The quantitative estimate of drug-likeness (QED) is 0.898. The van der Waals surface area contributed by atoms with Gasteiger partial charge in [-0.2, -0.15) is 0 Å². The summed E-state index contributed by atoms with van der Waals surface area (Å²) in [7, 11) is -3.93. The van der Waals surface area contributed by atoms with Crippen molar-refractivity contribution in [3.05, 3.63) is 29.8 Å². The summed E-state index contributed by atoms with van der Waals surface area (Å²) in [4.78, 5) is 0.0699. The molecule has 1 aliphatic carbocycles. The van der Waals surface area contributed by atoms with E-state index in [9.17, 15) is 12.8 Å². The largest absolute Gasteiger partial charge is 0.328 e. The molecule has 0 saturated heterocycles. The van der Waals surface area contributed by atoms with Gasteiger partial charge in [-0.3, -0.25) is 0 Å². The molecule has 0 radical (unpaired) electrons. The van der Waals surface area contributed by atoms with E-state index in [1.807, 2.05) is 0 Å². The minimum Gasteiger partial charge on any atom is -0.328 e. The smallest absolute Gasteiger partial charge is 0.215 e. The van der Waals surface area contributed by atoms with Crippen molar-refractivity contribution in [3.63, 3.8) is 0 Å². The number of aryl methyl sites for hydroxylation is 1.